The van der Waals surface area contributed by atoms with Crippen molar-refractivity contribution in [3.05, 3.63) is 43.0 Å². The van der Waals surface area contributed by atoms with E-state index in [1.807, 2.05) is 37.3 Å². The van der Waals surface area contributed by atoms with Gasteiger partial charge < -0.3 is 4.74 Å². The van der Waals surface area contributed by atoms with Gasteiger partial charge in [0.05, 0.1) is 6.61 Å². The molecule has 0 amide bonds. The highest BCUT2D eigenvalue weighted by atomic mass is 16.5. The van der Waals surface area contributed by atoms with Gasteiger partial charge in [-0.3, -0.25) is 4.90 Å². The molecule has 1 heterocycles. The molecule has 2 nitrogen and oxygen atoms in total. The Labute approximate surface area is 130 Å². The predicted molar refractivity (Wildman–Crippen MR) is 91.9 cm³/mol. The molecule has 21 heavy (non-hydrogen) atoms. The van der Waals surface area contributed by atoms with E-state index in [1.54, 1.807) is 6.08 Å². The lowest BCUT2D eigenvalue weighted by Gasteiger charge is -2.27. The highest BCUT2D eigenvalue weighted by molar-refractivity contribution is 5.20. The van der Waals surface area contributed by atoms with Crippen molar-refractivity contribution in [2.45, 2.75) is 58.5 Å². The molecule has 1 aromatic carbocycles. The van der Waals surface area contributed by atoms with E-state index in [9.17, 15) is 0 Å². The molecule has 118 valence electrons. The van der Waals surface area contributed by atoms with Gasteiger partial charge in [-0.05, 0) is 51.7 Å². The molecule has 0 saturated carbocycles. The molecule has 2 rings (SSSR count). The summed E-state index contributed by atoms with van der Waals surface area (Å²) in [5, 5.41) is 0. The molecule has 2 unspecified atom stereocenters. The summed E-state index contributed by atoms with van der Waals surface area (Å²) in [7, 11) is 0. The van der Waals surface area contributed by atoms with Gasteiger partial charge >= 0.3 is 0 Å². The number of rotatable bonds is 6. The molecular formula is C19H31NO. The SMILES string of the molecule is C=CC.CCC1CCC(C)N1CCCOc1ccccc1. The topological polar surface area (TPSA) is 12.5 Å². The third-order valence-corrected chi connectivity index (χ3v) is 4.00. The van der Waals surface area contributed by atoms with Crippen LogP contribution in [0.1, 0.15) is 46.5 Å². The average Bonchev–Trinajstić information content (AvgIpc) is 2.86. The van der Waals surface area contributed by atoms with Crippen molar-refractivity contribution in [3.8, 4) is 5.75 Å². The minimum atomic E-state index is 0.756. The minimum Gasteiger partial charge on any atom is -0.494 e. The van der Waals surface area contributed by atoms with Gasteiger partial charge in [0.2, 0.25) is 0 Å². The zero-order chi connectivity index (χ0) is 15.5. The maximum absolute atomic E-state index is 5.74. The van der Waals surface area contributed by atoms with Gasteiger partial charge in [0.1, 0.15) is 5.75 Å². The molecule has 0 spiro atoms. The average molecular weight is 289 g/mol. The van der Waals surface area contributed by atoms with Crippen molar-refractivity contribution in [2.75, 3.05) is 13.2 Å². The van der Waals surface area contributed by atoms with E-state index in [1.165, 1.54) is 25.8 Å². The third-order valence-electron chi connectivity index (χ3n) is 4.00. The maximum Gasteiger partial charge on any atom is 0.119 e. The molecule has 2 atom stereocenters. The minimum absolute atomic E-state index is 0.756. The highest BCUT2D eigenvalue weighted by Gasteiger charge is 2.28. The van der Waals surface area contributed by atoms with Crippen LogP contribution in [0.15, 0.2) is 43.0 Å². The summed E-state index contributed by atoms with van der Waals surface area (Å²) in [5.74, 6) is 0.985. The number of nitrogens with zero attached hydrogens (tertiary/aromatic N) is 1. The normalized spacial score (nSPS) is 21.5. The zero-order valence-corrected chi connectivity index (χ0v) is 13.9. The summed E-state index contributed by atoms with van der Waals surface area (Å²) in [6, 6.07) is 11.7. The first kappa shape index (κ1) is 17.8. The van der Waals surface area contributed by atoms with Crippen LogP contribution in [0.4, 0.5) is 0 Å². The smallest absolute Gasteiger partial charge is 0.119 e. The van der Waals surface area contributed by atoms with Crippen molar-refractivity contribution < 1.29 is 4.74 Å². The summed E-state index contributed by atoms with van der Waals surface area (Å²) in [6.07, 6.45) is 6.88. The van der Waals surface area contributed by atoms with E-state index in [0.717, 1.165) is 30.9 Å². The second-order valence-corrected chi connectivity index (χ2v) is 5.65. The lowest BCUT2D eigenvalue weighted by molar-refractivity contribution is 0.179. The van der Waals surface area contributed by atoms with Crippen LogP contribution >= 0.6 is 0 Å². The summed E-state index contributed by atoms with van der Waals surface area (Å²) in [4.78, 5) is 2.66. The lowest BCUT2D eigenvalue weighted by Crippen LogP contribution is -2.35. The third kappa shape index (κ3) is 6.34. The Morgan fingerprint density at radius 1 is 1.29 bits per heavy atom. The second kappa shape index (κ2) is 10.4. The Hall–Kier alpha value is -1.28. The van der Waals surface area contributed by atoms with Gasteiger partial charge in [0.25, 0.3) is 0 Å². The Kier molecular flexibility index (Phi) is 8.84. The van der Waals surface area contributed by atoms with Crippen LogP contribution in [0.2, 0.25) is 0 Å². The van der Waals surface area contributed by atoms with E-state index in [4.69, 9.17) is 4.74 Å². The van der Waals surface area contributed by atoms with Crippen molar-refractivity contribution in [1.82, 2.24) is 4.90 Å². The van der Waals surface area contributed by atoms with Crippen LogP contribution in [0.25, 0.3) is 0 Å². The Morgan fingerprint density at radius 2 is 1.95 bits per heavy atom. The van der Waals surface area contributed by atoms with E-state index in [-0.39, 0.29) is 0 Å². The molecular weight excluding hydrogens is 258 g/mol. The Morgan fingerprint density at radius 3 is 2.57 bits per heavy atom. The number of benzene rings is 1. The molecule has 1 aromatic rings. The Balaban J connectivity index is 0.000000677. The molecule has 2 heteroatoms. The number of likely N-dealkylation sites (tertiary alicyclic amines) is 1. The van der Waals surface area contributed by atoms with Gasteiger partial charge in [0, 0.05) is 18.6 Å². The number of hydrogen-bond acceptors (Lipinski definition) is 2. The Bertz CT molecular complexity index is 376. The standard InChI is InChI=1S/C16H25NO.C3H6/c1-3-15-11-10-14(2)17(15)12-7-13-18-16-8-5-4-6-9-16;1-3-2/h4-6,8-9,14-15H,3,7,10-13H2,1-2H3;3H,1H2,2H3. The summed E-state index contributed by atoms with van der Waals surface area (Å²) >= 11 is 0. The second-order valence-electron chi connectivity index (χ2n) is 5.65. The van der Waals surface area contributed by atoms with Gasteiger partial charge in [-0.25, -0.2) is 0 Å². The first-order chi connectivity index (χ1) is 10.2. The van der Waals surface area contributed by atoms with Crippen LogP contribution in [0, 0.1) is 0 Å². The molecule has 0 aliphatic carbocycles. The number of allylic oxidation sites excluding steroid dienone is 1. The van der Waals surface area contributed by atoms with E-state index >= 15 is 0 Å². The van der Waals surface area contributed by atoms with E-state index < -0.39 is 0 Å². The van der Waals surface area contributed by atoms with Crippen molar-refractivity contribution in [2.24, 2.45) is 0 Å². The number of para-hydroxylation sites is 1. The zero-order valence-electron chi connectivity index (χ0n) is 13.9. The molecule has 0 aromatic heterocycles. The molecule has 1 aliphatic rings. The molecule has 0 radical (unpaired) electrons. The van der Waals surface area contributed by atoms with Gasteiger partial charge in [-0.15, -0.1) is 6.58 Å². The van der Waals surface area contributed by atoms with Crippen LogP contribution in [0.5, 0.6) is 5.75 Å². The van der Waals surface area contributed by atoms with Crippen LogP contribution in [-0.2, 0) is 0 Å². The monoisotopic (exact) mass is 289 g/mol. The number of ether oxygens (including phenoxy) is 1. The fourth-order valence-electron chi connectivity index (χ4n) is 2.92. The number of hydrogen-bond donors (Lipinski definition) is 0. The van der Waals surface area contributed by atoms with Gasteiger partial charge in [0.15, 0.2) is 0 Å². The lowest BCUT2D eigenvalue weighted by atomic mass is 10.1. The molecule has 1 saturated heterocycles. The summed E-state index contributed by atoms with van der Waals surface area (Å²) in [5.41, 5.74) is 0. The predicted octanol–water partition coefficient (Wildman–Crippen LogP) is 4.91. The van der Waals surface area contributed by atoms with E-state index in [2.05, 4.69) is 25.3 Å². The molecule has 1 fully saturated rings. The van der Waals surface area contributed by atoms with Crippen molar-refractivity contribution in [3.63, 3.8) is 0 Å². The first-order valence-electron chi connectivity index (χ1n) is 8.23. The molecule has 0 N–H and O–H groups in total. The van der Waals surface area contributed by atoms with Crippen LogP contribution < -0.4 is 4.74 Å². The highest BCUT2D eigenvalue weighted by Crippen LogP contribution is 2.25. The van der Waals surface area contributed by atoms with E-state index in [0.29, 0.717) is 0 Å². The first-order valence-corrected chi connectivity index (χ1v) is 8.23. The molecule has 0 bridgehead atoms. The molecule has 1 aliphatic heterocycles. The van der Waals surface area contributed by atoms with Crippen LogP contribution in [0.3, 0.4) is 0 Å². The quantitative estimate of drug-likeness (QED) is 0.545. The fraction of sp³-hybridized carbons (Fsp3) is 0.579. The maximum atomic E-state index is 5.74. The van der Waals surface area contributed by atoms with Gasteiger partial charge in [-0.1, -0.05) is 31.2 Å². The summed E-state index contributed by atoms with van der Waals surface area (Å²) in [6.45, 7) is 11.9. The van der Waals surface area contributed by atoms with Crippen molar-refractivity contribution >= 4 is 0 Å². The summed E-state index contributed by atoms with van der Waals surface area (Å²) < 4.78 is 5.74. The van der Waals surface area contributed by atoms with Crippen LogP contribution in [-0.4, -0.2) is 30.1 Å². The largest absolute Gasteiger partial charge is 0.494 e. The van der Waals surface area contributed by atoms with Gasteiger partial charge in [-0.2, -0.15) is 0 Å². The fourth-order valence-corrected chi connectivity index (χ4v) is 2.92. The van der Waals surface area contributed by atoms with Crippen molar-refractivity contribution in [1.29, 1.82) is 0 Å².